The molecule has 0 atom stereocenters. The van der Waals surface area contributed by atoms with E-state index in [0.29, 0.717) is 22.7 Å². The van der Waals surface area contributed by atoms with E-state index < -0.39 is 5.97 Å². The van der Waals surface area contributed by atoms with Crippen LogP contribution in [-0.4, -0.2) is 26.0 Å². The van der Waals surface area contributed by atoms with Crippen LogP contribution in [0.15, 0.2) is 28.8 Å². The minimum absolute atomic E-state index is 0.122. The maximum Gasteiger partial charge on any atom is 0.337 e. The van der Waals surface area contributed by atoms with Gasteiger partial charge >= 0.3 is 5.97 Å². The molecule has 19 heavy (non-hydrogen) atoms. The maximum absolute atomic E-state index is 10.9. The van der Waals surface area contributed by atoms with Crippen molar-refractivity contribution in [2.45, 2.75) is 13.3 Å². The van der Waals surface area contributed by atoms with E-state index in [1.54, 1.807) is 0 Å². The van der Waals surface area contributed by atoms with Gasteiger partial charge in [0.15, 0.2) is 17.2 Å². The van der Waals surface area contributed by atoms with Gasteiger partial charge in [0, 0.05) is 12.6 Å². The van der Waals surface area contributed by atoms with Crippen LogP contribution >= 0.6 is 0 Å². The lowest BCUT2D eigenvalue weighted by Crippen LogP contribution is -1.96. The fraction of sp³-hybridized carbons (Fsp3) is 0.154. The number of imidazole rings is 1. The van der Waals surface area contributed by atoms with Gasteiger partial charge in [-0.05, 0) is 18.2 Å². The molecule has 0 bridgehead atoms. The smallest absolute Gasteiger partial charge is 0.337 e. The summed E-state index contributed by atoms with van der Waals surface area (Å²) in [4.78, 5) is 22.2. The van der Waals surface area contributed by atoms with Crippen LogP contribution in [0.3, 0.4) is 0 Å². The number of aromatic amines is 1. The van der Waals surface area contributed by atoms with Gasteiger partial charge in [-0.3, -0.25) is 0 Å². The predicted molar refractivity (Wildman–Crippen MR) is 67.9 cm³/mol. The topological polar surface area (TPSA) is 92.0 Å². The number of aryl methyl sites for hydroxylation is 1. The van der Waals surface area contributed by atoms with E-state index >= 15 is 0 Å². The van der Waals surface area contributed by atoms with Crippen molar-refractivity contribution in [3.8, 4) is 11.6 Å². The summed E-state index contributed by atoms with van der Waals surface area (Å²) >= 11 is 0. The monoisotopic (exact) mass is 257 g/mol. The zero-order valence-corrected chi connectivity index (χ0v) is 10.2. The number of aromatic carboxylic acids is 1. The molecule has 0 aliphatic carbocycles. The first-order valence-electron chi connectivity index (χ1n) is 5.85. The average molecular weight is 257 g/mol. The molecule has 0 unspecified atom stereocenters. The van der Waals surface area contributed by atoms with Crippen molar-refractivity contribution in [3.63, 3.8) is 0 Å². The van der Waals surface area contributed by atoms with Crippen molar-refractivity contribution < 1.29 is 14.3 Å². The second kappa shape index (κ2) is 4.24. The summed E-state index contributed by atoms with van der Waals surface area (Å²) in [7, 11) is 0. The fourth-order valence-corrected chi connectivity index (χ4v) is 1.83. The highest BCUT2D eigenvalue weighted by molar-refractivity contribution is 5.91. The highest BCUT2D eigenvalue weighted by Gasteiger charge is 2.12. The van der Waals surface area contributed by atoms with Gasteiger partial charge in [0.25, 0.3) is 0 Å². The number of nitrogens with zero attached hydrogens (tertiary/aromatic N) is 2. The largest absolute Gasteiger partial charge is 0.478 e. The number of carboxylic acid groups (broad SMARTS) is 1. The number of pyridine rings is 1. The maximum atomic E-state index is 10.9. The van der Waals surface area contributed by atoms with Crippen molar-refractivity contribution >= 4 is 17.1 Å². The normalized spacial score (nSPS) is 11.0. The van der Waals surface area contributed by atoms with Gasteiger partial charge in [-0.25, -0.2) is 14.8 Å². The van der Waals surface area contributed by atoms with E-state index in [4.69, 9.17) is 9.52 Å². The van der Waals surface area contributed by atoms with Crippen molar-refractivity contribution in [3.05, 3.63) is 35.7 Å². The van der Waals surface area contributed by atoms with E-state index in [1.165, 1.54) is 12.3 Å². The molecule has 3 rings (SSSR count). The number of furan rings is 1. The summed E-state index contributed by atoms with van der Waals surface area (Å²) in [5, 5.41) is 8.91. The molecule has 0 amide bonds. The Morgan fingerprint density at radius 3 is 3.00 bits per heavy atom. The van der Waals surface area contributed by atoms with Gasteiger partial charge in [0.05, 0.1) is 11.1 Å². The van der Waals surface area contributed by atoms with Crippen LogP contribution in [0.4, 0.5) is 0 Å². The van der Waals surface area contributed by atoms with Gasteiger partial charge in [0.2, 0.25) is 0 Å². The molecule has 96 valence electrons. The molecule has 3 aromatic heterocycles. The van der Waals surface area contributed by atoms with Gasteiger partial charge in [-0.15, -0.1) is 0 Å². The summed E-state index contributed by atoms with van der Waals surface area (Å²) in [5.41, 5.74) is 1.16. The predicted octanol–water partition coefficient (Wildman–Crippen LogP) is 2.48. The highest BCUT2D eigenvalue weighted by atomic mass is 16.4. The summed E-state index contributed by atoms with van der Waals surface area (Å²) in [6.45, 7) is 2.00. The number of nitrogens with one attached hydrogen (secondary N) is 1. The zero-order valence-electron chi connectivity index (χ0n) is 10.2. The summed E-state index contributed by atoms with van der Waals surface area (Å²) in [5.74, 6) is 1.02. The Morgan fingerprint density at radius 1 is 1.47 bits per heavy atom. The van der Waals surface area contributed by atoms with Gasteiger partial charge in [0.1, 0.15) is 5.76 Å². The highest BCUT2D eigenvalue weighted by Crippen LogP contribution is 2.22. The molecule has 6 nitrogen and oxygen atoms in total. The van der Waals surface area contributed by atoms with E-state index in [2.05, 4.69) is 15.0 Å². The number of hydrogen-bond acceptors (Lipinski definition) is 4. The Morgan fingerprint density at radius 2 is 2.32 bits per heavy atom. The SMILES string of the molecule is CCc1ccc(-c2nc3ncc(C(=O)O)cc3[nH]2)o1. The minimum atomic E-state index is -1.02. The minimum Gasteiger partial charge on any atom is -0.478 e. The van der Waals surface area contributed by atoms with Crippen LogP contribution in [0.25, 0.3) is 22.7 Å². The third kappa shape index (κ3) is 1.97. The Balaban J connectivity index is 2.08. The number of carboxylic acids is 1. The van der Waals surface area contributed by atoms with Gasteiger partial charge in [-0.2, -0.15) is 0 Å². The van der Waals surface area contributed by atoms with Gasteiger partial charge < -0.3 is 14.5 Å². The molecule has 0 aliphatic rings. The van der Waals surface area contributed by atoms with E-state index in [0.717, 1.165) is 12.2 Å². The molecular weight excluding hydrogens is 246 g/mol. The third-order valence-electron chi connectivity index (χ3n) is 2.83. The molecule has 3 aromatic rings. The van der Waals surface area contributed by atoms with Crippen molar-refractivity contribution in [2.75, 3.05) is 0 Å². The second-order valence-corrected chi connectivity index (χ2v) is 4.11. The van der Waals surface area contributed by atoms with E-state index in [1.807, 2.05) is 19.1 Å². The first-order chi connectivity index (χ1) is 9.17. The molecule has 3 heterocycles. The third-order valence-corrected chi connectivity index (χ3v) is 2.83. The molecule has 0 radical (unpaired) electrons. The Labute approximate surface area is 108 Å². The summed E-state index contributed by atoms with van der Waals surface area (Å²) in [6, 6.07) is 5.22. The lowest BCUT2D eigenvalue weighted by Gasteiger charge is -1.91. The quantitative estimate of drug-likeness (QED) is 0.752. The molecule has 0 aliphatic heterocycles. The van der Waals surface area contributed by atoms with E-state index in [9.17, 15) is 4.79 Å². The number of fused-ring (bicyclic) bond motifs is 1. The lowest BCUT2D eigenvalue weighted by molar-refractivity contribution is 0.0696. The van der Waals surface area contributed by atoms with Crippen LogP contribution in [-0.2, 0) is 6.42 Å². The zero-order chi connectivity index (χ0) is 13.4. The number of rotatable bonds is 3. The number of carbonyl (C=O) groups is 1. The van der Waals surface area contributed by atoms with E-state index in [-0.39, 0.29) is 5.56 Å². The number of H-pyrrole nitrogens is 1. The summed E-state index contributed by atoms with van der Waals surface area (Å²) in [6.07, 6.45) is 2.09. The molecule has 0 aromatic carbocycles. The molecule has 0 spiro atoms. The summed E-state index contributed by atoms with van der Waals surface area (Å²) < 4.78 is 5.59. The Kier molecular flexibility index (Phi) is 2.56. The Hall–Kier alpha value is -2.63. The molecule has 2 N–H and O–H groups in total. The van der Waals surface area contributed by atoms with Gasteiger partial charge in [-0.1, -0.05) is 6.92 Å². The van der Waals surface area contributed by atoms with Crippen LogP contribution < -0.4 is 0 Å². The molecule has 0 saturated heterocycles. The Bertz CT molecular complexity index is 757. The molecule has 0 saturated carbocycles. The van der Waals surface area contributed by atoms with Crippen LogP contribution in [0.1, 0.15) is 23.0 Å². The average Bonchev–Trinajstić information content (AvgIpc) is 3.03. The lowest BCUT2D eigenvalue weighted by atomic mass is 10.3. The standard InChI is InChI=1S/C13H11N3O3/c1-2-8-3-4-10(19-8)12-15-9-5-7(13(17)18)6-14-11(9)16-12/h3-6H,2H2,1H3,(H,17,18)(H,14,15,16). The van der Waals surface area contributed by atoms with Crippen molar-refractivity contribution in [1.29, 1.82) is 0 Å². The van der Waals surface area contributed by atoms with Crippen molar-refractivity contribution in [2.24, 2.45) is 0 Å². The van der Waals surface area contributed by atoms with Crippen LogP contribution in [0.2, 0.25) is 0 Å². The van der Waals surface area contributed by atoms with Crippen LogP contribution in [0, 0.1) is 0 Å². The first-order valence-corrected chi connectivity index (χ1v) is 5.85. The van der Waals surface area contributed by atoms with Crippen molar-refractivity contribution in [1.82, 2.24) is 15.0 Å². The number of hydrogen-bond donors (Lipinski definition) is 2. The number of aromatic nitrogens is 3. The fourth-order valence-electron chi connectivity index (χ4n) is 1.83. The first kappa shape index (κ1) is 11.5. The van der Waals surface area contributed by atoms with Crippen LogP contribution in [0.5, 0.6) is 0 Å². The molecule has 0 fully saturated rings. The molecular formula is C13H11N3O3. The molecule has 6 heteroatoms. The second-order valence-electron chi connectivity index (χ2n) is 4.11.